The van der Waals surface area contributed by atoms with Crippen LogP contribution in [0.5, 0.6) is 0 Å². The summed E-state index contributed by atoms with van der Waals surface area (Å²) in [5.74, 6) is 6.41. The summed E-state index contributed by atoms with van der Waals surface area (Å²) in [5.41, 5.74) is 2.90. The van der Waals surface area contributed by atoms with Crippen molar-refractivity contribution in [3.8, 4) is 0 Å². The van der Waals surface area contributed by atoms with Crippen LogP contribution in [0.2, 0.25) is 0 Å². The number of amides is 1. The Balaban J connectivity index is 1.95. The van der Waals surface area contributed by atoms with Crippen LogP contribution in [0.25, 0.3) is 0 Å². The highest BCUT2D eigenvalue weighted by molar-refractivity contribution is 5.92. The van der Waals surface area contributed by atoms with Gasteiger partial charge in [0.25, 0.3) is 0 Å². The van der Waals surface area contributed by atoms with E-state index in [0.717, 1.165) is 44.0 Å². The van der Waals surface area contributed by atoms with Gasteiger partial charge in [0.05, 0.1) is 13.2 Å². The van der Waals surface area contributed by atoms with Crippen LogP contribution in [0.1, 0.15) is 28.3 Å². The second-order valence-corrected chi connectivity index (χ2v) is 5.04. The van der Waals surface area contributed by atoms with E-state index in [1.807, 2.05) is 13.0 Å². The summed E-state index contributed by atoms with van der Waals surface area (Å²) in [4.78, 5) is 13.8. The minimum atomic E-state index is -0.387. The molecule has 0 radical (unpaired) electrons. The van der Waals surface area contributed by atoms with Crippen molar-refractivity contribution in [3.63, 3.8) is 0 Å². The monoisotopic (exact) mass is 267 g/mol. The second kappa shape index (κ2) is 6.18. The van der Waals surface area contributed by atoms with Gasteiger partial charge in [0.15, 0.2) is 5.76 Å². The van der Waals surface area contributed by atoms with Crippen molar-refractivity contribution in [1.82, 2.24) is 10.3 Å². The molecule has 1 aromatic heterocycles. The number of methoxy groups -OCH3 is 1. The summed E-state index contributed by atoms with van der Waals surface area (Å²) >= 11 is 0. The van der Waals surface area contributed by atoms with Crippen molar-refractivity contribution in [3.05, 3.63) is 23.2 Å². The summed E-state index contributed by atoms with van der Waals surface area (Å²) in [6.07, 6.45) is 1.14. The molecule has 1 amide bonds. The number of likely N-dealkylation sites (tertiary alicyclic amines) is 1. The maximum atomic E-state index is 11.5. The number of hydrogen-bond donors (Lipinski definition) is 2. The standard InChI is InChI=1S/C13H21N3O3/c1-9-5-11(19-12(9)13(17)15-14)7-16-4-3-10(6-16)8-18-2/h5,10H,3-4,6-8,14H2,1-2H3,(H,15,17). The van der Waals surface area contributed by atoms with Crippen LogP contribution in [0.4, 0.5) is 0 Å². The maximum absolute atomic E-state index is 11.5. The van der Waals surface area contributed by atoms with E-state index in [1.54, 1.807) is 7.11 Å². The van der Waals surface area contributed by atoms with E-state index >= 15 is 0 Å². The summed E-state index contributed by atoms with van der Waals surface area (Å²) < 4.78 is 10.7. The molecule has 0 bridgehead atoms. The largest absolute Gasteiger partial charge is 0.454 e. The number of hydrazine groups is 1. The molecule has 1 saturated heterocycles. The molecule has 19 heavy (non-hydrogen) atoms. The summed E-state index contributed by atoms with van der Waals surface area (Å²) in [5, 5.41) is 0. The third kappa shape index (κ3) is 3.34. The zero-order valence-corrected chi connectivity index (χ0v) is 11.4. The van der Waals surface area contributed by atoms with E-state index in [9.17, 15) is 4.79 Å². The lowest BCUT2D eigenvalue weighted by Crippen LogP contribution is -2.30. The minimum absolute atomic E-state index is 0.296. The van der Waals surface area contributed by atoms with Gasteiger partial charge in [0.2, 0.25) is 0 Å². The van der Waals surface area contributed by atoms with Crippen molar-refractivity contribution >= 4 is 5.91 Å². The molecule has 6 nitrogen and oxygen atoms in total. The Morgan fingerprint density at radius 2 is 2.47 bits per heavy atom. The van der Waals surface area contributed by atoms with E-state index in [0.29, 0.717) is 11.7 Å². The van der Waals surface area contributed by atoms with Crippen molar-refractivity contribution in [2.24, 2.45) is 11.8 Å². The highest BCUT2D eigenvalue weighted by Crippen LogP contribution is 2.21. The van der Waals surface area contributed by atoms with Crippen LogP contribution in [0.3, 0.4) is 0 Å². The van der Waals surface area contributed by atoms with Crippen molar-refractivity contribution in [2.75, 3.05) is 26.8 Å². The summed E-state index contributed by atoms with van der Waals surface area (Å²) in [7, 11) is 1.73. The third-order valence-corrected chi connectivity index (χ3v) is 3.46. The molecule has 2 rings (SSSR count). The first-order valence-electron chi connectivity index (χ1n) is 6.45. The first kappa shape index (κ1) is 14.0. The molecule has 1 unspecified atom stereocenters. The zero-order valence-electron chi connectivity index (χ0n) is 11.4. The Labute approximate surface area is 112 Å². The molecule has 0 aromatic carbocycles. The van der Waals surface area contributed by atoms with Crippen LogP contribution in [-0.4, -0.2) is 37.6 Å². The number of carbonyl (C=O) groups is 1. The first-order chi connectivity index (χ1) is 9.13. The minimum Gasteiger partial charge on any atom is -0.454 e. The number of aryl methyl sites for hydroxylation is 1. The van der Waals surface area contributed by atoms with Crippen molar-refractivity contribution in [1.29, 1.82) is 0 Å². The molecule has 1 fully saturated rings. The van der Waals surface area contributed by atoms with Gasteiger partial charge in [0, 0.05) is 19.2 Å². The van der Waals surface area contributed by atoms with Gasteiger partial charge in [-0.3, -0.25) is 15.1 Å². The van der Waals surface area contributed by atoms with Crippen molar-refractivity contribution in [2.45, 2.75) is 19.9 Å². The average molecular weight is 267 g/mol. The number of furan rings is 1. The number of hydrogen-bond acceptors (Lipinski definition) is 5. The molecule has 1 aliphatic heterocycles. The van der Waals surface area contributed by atoms with Gasteiger partial charge in [-0.25, -0.2) is 5.84 Å². The fraction of sp³-hybridized carbons (Fsp3) is 0.615. The topological polar surface area (TPSA) is 80.7 Å². The second-order valence-electron chi connectivity index (χ2n) is 5.04. The fourth-order valence-electron chi connectivity index (χ4n) is 2.57. The Hall–Kier alpha value is -1.37. The summed E-state index contributed by atoms with van der Waals surface area (Å²) in [6.45, 7) is 5.40. The molecule has 1 atom stereocenters. The molecule has 0 aliphatic carbocycles. The van der Waals surface area contributed by atoms with E-state index in [-0.39, 0.29) is 5.91 Å². The van der Waals surface area contributed by atoms with Gasteiger partial charge >= 0.3 is 5.91 Å². The predicted octanol–water partition coefficient (Wildman–Crippen LogP) is 0.660. The lowest BCUT2D eigenvalue weighted by atomic mass is 10.1. The fourth-order valence-corrected chi connectivity index (χ4v) is 2.57. The molecule has 0 saturated carbocycles. The van der Waals surface area contributed by atoms with Crippen LogP contribution in [0.15, 0.2) is 10.5 Å². The van der Waals surface area contributed by atoms with E-state index in [4.69, 9.17) is 15.0 Å². The van der Waals surface area contributed by atoms with Crippen LogP contribution in [0, 0.1) is 12.8 Å². The molecule has 3 N–H and O–H groups in total. The number of carbonyl (C=O) groups excluding carboxylic acids is 1. The zero-order chi connectivity index (χ0) is 13.8. The molecular weight excluding hydrogens is 246 g/mol. The number of nitrogens with zero attached hydrogens (tertiary/aromatic N) is 1. The highest BCUT2D eigenvalue weighted by atomic mass is 16.5. The van der Waals surface area contributed by atoms with E-state index < -0.39 is 0 Å². The smallest absolute Gasteiger partial charge is 0.301 e. The number of nitrogens with one attached hydrogen (secondary N) is 1. The van der Waals surface area contributed by atoms with Gasteiger partial charge in [-0.05, 0) is 31.9 Å². The van der Waals surface area contributed by atoms with Crippen molar-refractivity contribution < 1.29 is 13.9 Å². The Morgan fingerprint density at radius 1 is 1.68 bits per heavy atom. The molecule has 1 aromatic rings. The lowest BCUT2D eigenvalue weighted by molar-refractivity contribution is 0.0921. The van der Waals surface area contributed by atoms with Gasteiger partial charge < -0.3 is 9.15 Å². The predicted molar refractivity (Wildman–Crippen MR) is 70.4 cm³/mol. The number of nitrogens with two attached hydrogens (primary N) is 1. The third-order valence-electron chi connectivity index (χ3n) is 3.46. The number of rotatable bonds is 5. The maximum Gasteiger partial charge on any atom is 0.301 e. The molecule has 1 aliphatic rings. The molecule has 0 spiro atoms. The number of ether oxygens (including phenoxy) is 1. The van der Waals surface area contributed by atoms with Crippen LogP contribution in [-0.2, 0) is 11.3 Å². The Kier molecular flexibility index (Phi) is 4.57. The summed E-state index contributed by atoms with van der Waals surface area (Å²) in [6, 6.07) is 1.90. The number of nitrogen functional groups attached to an aromatic ring is 1. The lowest BCUT2D eigenvalue weighted by Gasteiger charge is -2.13. The van der Waals surface area contributed by atoms with Crippen LogP contribution < -0.4 is 11.3 Å². The molecule has 6 heteroatoms. The molecular formula is C13H21N3O3. The van der Waals surface area contributed by atoms with Crippen LogP contribution >= 0.6 is 0 Å². The van der Waals surface area contributed by atoms with Gasteiger partial charge in [-0.1, -0.05) is 0 Å². The van der Waals surface area contributed by atoms with Gasteiger partial charge in [-0.2, -0.15) is 0 Å². The van der Waals surface area contributed by atoms with Gasteiger partial charge in [0.1, 0.15) is 5.76 Å². The normalized spacial score (nSPS) is 19.8. The molecule has 106 valence electrons. The van der Waals surface area contributed by atoms with Gasteiger partial charge in [-0.15, -0.1) is 0 Å². The first-order valence-corrected chi connectivity index (χ1v) is 6.45. The SMILES string of the molecule is COCC1CCN(Cc2cc(C)c(C(=O)NN)o2)C1. The van der Waals surface area contributed by atoms with E-state index in [2.05, 4.69) is 10.3 Å². The highest BCUT2D eigenvalue weighted by Gasteiger charge is 2.24. The quantitative estimate of drug-likeness (QED) is 0.465. The Bertz CT molecular complexity index is 444. The Morgan fingerprint density at radius 3 is 3.16 bits per heavy atom. The molecule has 2 heterocycles. The van der Waals surface area contributed by atoms with E-state index in [1.165, 1.54) is 0 Å². The average Bonchev–Trinajstić information content (AvgIpc) is 2.96.